The highest BCUT2D eigenvalue weighted by Gasteiger charge is 2.18. The second kappa shape index (κ2) is 8.44. The Balaban J connectivity index is 2.02. The Morgan fingerprint density at radius 1 is 1.25 bits per heavy atom. The Labute approximate surface area is 143 Å². The van der Waals surface area contributed by atoms with Crippen molar-refractivity contribution in [2.24, 2.45) is 0 Å². The third-order valence-electron chi connectivity index (χ3n) is 3.16. The number of amides is 1. The first kappa shape index (κ1) is 17.9. The Kier molecular flexibility index (Phi) is 6.31. The average Bonchev–Trinajstić information content (AvgIpc) is 2.96. The van der Waals surface area contributed by atoms with E-state index in [2.05, 4.69) is 10.6 Å². The first-order chi connectivity index (χ1) is 11.5. The van der Waals surface area contributed by atoms with Crippen LogP contribution < -0.4 is 10.6 Å². The van der Waals surface area contributed by atoms with Gasteiger partial charge in [0.25, 0.3) is 0 Å². The maximum atomic E-state index is 13.1. The van der Waals surface area contributed by atoms with Crippen LogP contribution in [0.15, 0.2) is 30.3 Å². The van der Waals surface area contributed by atoms with Gasteiger partial charge in [-0.3, -0.25) is 4.79 Å². The van der Waals surface area contributed by atoms with Crippen molar-refractivity contribution in [1.82, 2.24) is 0 Å². The van der Waals surface area contributed by atoms with E-state index in [-0.39, 0.29) is 24.9 Å². The van der Waals surface area contributed by atoms with Crippen molar-refractivity contribution in [3.8, 4) is 0 Å². The van der Waals surface area contributed by atoms with Crippen molar-refractivity contribution in [3.63, 3.8) is 0 Å². The number of thiophene rings is 1. The molecule has 1 aromatic heterocycles. The lowest BCUT2D eigenvalue weighted by Crippen LogP contribution is -2.22. The summed E-state index contributed by atoms with van der Waals surface area (Å²) >= 11 is 1.35. The number of anilines is 2. The van der Waals surface area contributed by atoms with E-state index in [4.69, 9.17) is 4.74 Å². The Morgan fingerprint density at radius 2 is 2.04 bits per heavy atom. The molecule has 24 heavy (non-hydrogen) atoms. The number of carbonyl (C=O) groups excluding carboxylic acids is 2. The number of hydrogen-bond donors (Lipinski definition) is 2. The quantitative estimate of drug-likeness (QED) is 0.748. The molecule has 0 aliphatic carbocycles. The molecule has 2 rings (SSSR count). The second-order valence-electron chi connectivity index (χ2n) is 4.94. The third kappa shape index (κ3) is 4.79. The first-order valence-corrected chi connectivity index (χ1v) is 8.44. The van der Waals surface area contributed by atoms with Gasteiger partial charge in [-0.1, -0.05) is 13.0 Å². The van der Waals surface area contributed by atoms with E-state index in [1.165, 1.54) is 23.5 Å². The predicted octanol–water partition coefficient (Wildman–Crippen LogP) is 3.68. The number of esters is 1. The van der Waals surface area contributed by atoms with Crippen molar-refractivity contribution >= 4 is 33.9 Å². The summed E-state index contributed by atoms with van der Waals surface area (Å²) in [4.78, 5) is 25.0. The topological polar surface area (TPSA) is 67.4 Å². The lowest BCUT2D eigenvalue weighted by molar-refractivity contribution is -0.114. The second-order valence-corrected chi connectivity index (χ2v) is 6.08. The SMILES string of the molecule is CCOC(=O)c1cc(CC)sc1NC(=O)CNc1cccc(F)c1. The highest BCUT2D eigenvalue weighted by Crippen LogP contribution is 2.29. The number of ether oxygens (including phenoxy) is 1. The molecule has 0 bridgehead atoms. The van der Waals surface area contributed by atoms with Gasteiger partial charge >= 0.3 is 5.97 Å². The summed E-state index contributed by atoms with van der Waals surface area (Å²) in [5.74, 6) is -1.16. The zero-order valence-electron chi connectivity index (χ0n) is 13.5. The molecule has 0 saturated heterocycles. The molecule has 2 N–H and O–H groups in total. The molecular weight excluding hydrogens is 331 g/mol. The van der Waals surface area contributed by atoms with Gasteiger partial charge in [0.15, 0.2) is 0 Å². The minimum atomic E-state index is -0.457. The molecule has 128 valence electrons. The van der Waals surface area contributed by atoms with Crippen molar-refractivity contribution in [1.29, 1.82) is 0 Å². The third-order valence-corrected chi connectivity index (χ3v) is 4.35. The zero-order chi connectivity index (χ0) is 17.5. The van der Waals surface area contributed by atoms with E-state index in [1.54, 1.807) is 25.1 Å². The summed E-state index contributed by atoms with van der Waals surface area (Å²) in [5, 5.41) is 6.02. The number of nitrogens with one attached hydrogen (secondary N) is 2. The molecule has 0 aliphatic heterocycles. The van der Waals surface area contributed by atoms with Crippen LogP contribution in [0, 0.1) is 5.82 Å². The normalized spacial score (nSPS) is 10.3. The van der Waals surface area contributed by atoms with E-state index in [0.717, 1.165) is 11.3 Å². The van der Waals surface area contributed by atoms with Crippen LogP contribution >= 0.6 is 11.3 Å². The summed E-state index contributed by atoms with van der Waals surface area (Å²) in [6.07, 6.45) is 0.758. The van der Waals surface area contributed by atoms with Crippen LogP contribution in [0.2, 0.25) is 0 Å². The van der Waals surface area contributed by atoms with Crippen LogP contribution in [0.3, 0.4) is 0 Å². The molecule has 0 fully saturated rings. The maximum absolute atomic E-state index is 13.1. The van der Waals surface area contributed by atoms with Gasteiger partial charge in [-0.2, -0.15) is 0 Å². The standard InChI is InChI=1S/C17H19FN2O3S/c1-3-13-9-14(17(22)23-4-2)16(24-13)20-15(21)10-19-12-7-5-6-11(18)8-12/h5-9,19H,3-4,10H2,1-2H3,(H,20,21). The van der Waals surface area contributed by atoms with Crippen molar-refractivity contribution < 1.29 is 18.7 Å². The van der Waals surface area contributed by atoms with Gasteiger partial charge in [-0.05, 0) is 37.6 Å². The molecule has 1 amide bonds. The Bertz CT molecular complexity index is 730. The largest absolute Gasteiger partial charge is 0.462 e. The number of aryl methyl sites for hydroxylation is 1. The van der Waals surface area contributed by atoms with E-state index in [0.29, 0.717) is 16.3 Å². The van der Waals surface area contributed by atoms with Crippen LogP contribution in [0.25, 0.3) is 0 Å². The zero-order valence-corrected chi connectivity index (χ0v) is 14.3. The van der Waals surface area contributed by atoms with Crippen molar-refractivity contribution in [2.45, 2.75) is 20.3 Å². The van der Waals surface area contributed by atoms with Gasteiger partial charge in [0.05, 0.1) is 18.7 Å². The van der Waals surface area contributed by atoms with Crippen LogP contribution in [0.4, 0.5) is 15.1 Å². The fourth-order valence-corrected chi connectivity index (χ4v) is 3.02. The molecule has 0 radical (unpaired) electrons. The Hall–Kier alpha value is -2.41. The summed E-state index contributed by atoms with van der Waals surface area (Å²) < 4.78 is 18.1. The maximum Gasteiger partial charge on any atom is 0.341 e. The minimum absolute atomic E-state index is 0.0366. The van der Waals surface area contributed by atoms with Crippen LogP contribution in [0.1, 0.15) is 29.1 Å². The smallest absolute Gasteiger partial charge is 0.341 e. The van der Waals surface area contributed by atoms with E-state index in [9.17, 15) is 14.0 Å². The fourth-order valence-electron chi connectivity index (χ4n) is 2.02. The molecule has 2 aromatic rings. The molecule has 0 atom stereocenters. The minimum Gasteiger partial charge on any atom is -0.462 e. The fraction of sp³-hybridized carbons (Fsp3) is 0.294. The number of benzene rings is 1. The molecule has 0 aliphatic rings. The van der Waals surface area contributed by atoms with Gasteiger partial charge in [0, 0.05) is 10.6 Å². The van der Waals surface area contributed by atoms with Crippen LogP contribution in [-0.2, 0) is 16.0 Å². The molecular formula is C17H19FN2O3S. The number of rotatable bonds is 7. The highest BCUT2D eigenvalue weighted by atomic mass is 32.1. The van der Waals surface area contributed by atoms with Gasteiger partial charge in [0.2, 0.25) is 5.91 Å². The molecule has 1 aromatic carbocycles. The van der Waals surface area contributed by atoms with Gasteiger partial charge in [-0.15, -0.1) is 11.3 Å². The van der Waals surface area contributed by atoms with Gasteiger partial charge < -0.3 is 15.4 Å². The molecule has 0 spiro atoms. The average molecular weight is 350 g/mol. The molecule has 0 unspecified atom stereocenters. The summed E-state index contributed by atoms with van der Waals surface area (Å²) in [6.45, 7) is 3.93. The molecule has 0 saturated carbocycles. The molecule has 7 heteroatoms. The monoisotopic (exact) mass is 350 g/mol. The highest BCUT2D eigenvalue weighted by molar-refractivity contribution is 7.16. The lowest BCUT2D eigenvalue weighted by Gasteiger charge is -2.08. The number of hydrogen-bond acceptors (Lipinski definition) is 5. The first-order valence-electron chi connectivity index (χ1n) is 7.62. The van der Waals surface area contributed by atoms with Crippen molar-refractivity contribution in [2.75, 3.05) is 23.8 Å². The number of halogens is 1. The van der Waals surface area contributed by atoms with Crippen LogP contribution in [0.5, 0.6) is 0 Å². The van der Waals surface area contributed by atoms with Gasteiger partial charge in [-0.25, -0.2) is 9.18 Å². The van der Waals surface area contributed by atoms with Gasteiger partial charge in [0.1, 0.15) is 10.8 Å². The predicted molar refractivity (Wildman–Crippen MR) is 93.2 cm³/mol. The van der Waals surface area contributed by atoms with E-state index < -0.39 is 5.97 Å². The summed E-state index contributed by atoms with van der Waals surface area (Å²) in [5.41, 5.74) is 0.869. The lowest BCUT2D eigenvalue weighted by atomic mass is 10.2. The summed E-state index contributed by atoms with van der Waals surface area (Å²) in [7, 11) is 0. The van der Waals surface area contributed by atoms with E-state index >= 15 is 0 Å². The Morgan fingerprint density at radius 3 is 2.71 bits per heavy atom. The van der Waals surface area contributed by atoms with E-state index in [1.807, 2.05) is 6.92 Å². The molecule has 5 nitrogen and oxygen atoms in total. The van der Waals surface area contributed by atoms with Crippen LogP contribution in [-0.4, -0.2) is 25.0 Å². The number of carbonyl (C=O) groups is 2. The summed E-state index contributed by atoms with van der Waals surface area (Å²) in [6, 6.07) is 7.59. The molecule has 1 heterocycles. The van der Waals surface area contributed by atoms with Crippen molar-refractivity contribution in [3.05, 3.63) is 46.6 Å².